The largest absolute Gasteiger partial charge is 0.326 e. The number of aromatic nitrogens is 1. The molecular weight excluding hydrogens is 350 g/mol. The van der Waals surface area contributed by atoms with Crippen LogP contribution >= 0.6 is 0 Å². The molecule has 1 aliphatic heterocycles. The van der Waals surface area contributed by atoms with Gasteiger partial charge in [0.1, 0.15) is 4.90 Å². The fourth-order valence-corrected chi connectivity index (χ4v) is 4.63. The van der Waals surface area contributed by atoms with Gasteiger partial charge in [0.25, 0.3) is 0 Å². The van der Waals surface area contributed by atoms with Crippen molar-refractivity contribution in [1.82, 2.24) is 9.29 Å². The number of hydrogen-bond acceptors (Lipinski definition) is 4. The third-order valence-corrected chi connectivity index (χ3v) is 6.74. The zero-order chi connectivity index (χ0) is 18.7. The van der Waals surface area contributed by atoms with Crippen LogP contribution in [0.3, 0.4) is 0 Å². The second-order valence-electron chi connectivity index (χ2n) is 6.63. The third kappa shape index (κ3) is 3.78. The second-order valence-corrected chi connectivity index (χ2v) is 8.57. The number of anilines is 1. The lowest BCUT2D eigenvalue weighted by molar-refractivity contribution is -0.120. The second kappa shape index (κ2) is 7.55. The van der Waals surface area contributed by atoms with E-state index in [1.165, 1.54) is 22.8 Å². The Morgan fingerprint density at radius 1 is 1.23 bits per heavy atom. The summed E-state index contributed by atoms with van der Waals surface area (Å²) in [7, 11) is -3.63. The highest BCUT2D eigenvalue weighted by Gasteiger charge is 2.33. The van der Waals surface area contributed by atoms with E-state index < -0.39 is 10.0 Å². The molecular formula is C19H23N3O3S. The minimum Gasteiger partial charge on any atom is -0.326 e. The predicted octanol–water partition coefficient (Wildman–Crippen LogP) is 2.74. The summed E-state index contributed by atoms with van der Waals surface area (Å²) in [5, 5.41) is 2.96. The normalized spacial score (nSPS) is 18.5. The van der Waals surface area contributed by atoms with E-state index in [4.69, 9.17) is 0 Å². The molecule has 1 N–H and O–H groups in total. The average molecular weight is 373 g/mol. The van der Waals surface area contributed by atoms with Gasteiger partial charge in [0.15, 0.2) is 0 Å². The van der Waals surface area contributed by atoms with E-state index in [-0.39, 0.29) is 23.3 Å². The van der Waals surface area contributed by atoms with E-state index in [1.807, 2.05) is 32.0 Å². The lowest BCUT2D eigenvalue weighted by atomic mass is 9.98. The van der Waals surface area contributed by atoms with Crippen LogP contribution in [0.4, 0.5) is 5.69 Å². The molecule has 0 spiro atoms. The van der Waals surface area contributed by atoms with E-state index in [0.29, 0.717) is 19.4 Å². The molecule has 0 saturated carbocycles. The molecule has 1 amide bonds. The highest BCUT2D eigenvalue weighted by Crippen LogP contribution is 2.25. The number of aryl methyl sites for hydroxylation is 1. The Morgan fingerprint density at radius 2 is 2.04 bits per heavy atom. The lowest BCUT2D eigenvalue weighted by Gasteiger charge is -2.31. The summed E-state index contributed by atoms with van der Waals surface area (Å²) in [6.07, 6.45) is 4.21. The number of amides is 1. The van der Waals surface area contributed by atoms with Crippen LogP contribution in [0, 0.1) is 19.8 Å². The number of nitrogens with zero attached hydrogens (tertiary/aromatic N) is 2. The number of nitrogens with one attached hydrogen (secondary N) is 1. The smallest absolute Gasteiger partial charge is 0.244 e. The molecule has 1 aromatic carbocycles. The molecule has 1 aliphatic rings. The van der Waals surface area contributed by atoms with Gasteiger partial charge in [-0.1, -0.05) is 12.1 Å². The molecule has 7 heteroatoms. The zero-order valence-corrected chi connectivity index (χ0v) is 15.8. The van der Waals surface area contributed by atoms with Crippen molar-refractivity contribution in [2.45, 2.75) is 31.6 Å². The van der Waals surface area contributed by atoms with Crippen molar-refractivity contribution in [2.24, 2.45) is 5.92 Å². The van der Waals surface area contributed by atoms with Gasteiger partial charge in [-0.05, 0) is 56.0 Å². The first-order chi connectivity index (χ1) is 12.4. The first-order valence-electron chi connectivity index (χ1n) is 8.67. The molecule has 3 rings (SSSR count). The molecule has 1 unspecified atom stereocenters. The van der Waals surface area contributed by atoms with Gasteiger partial charge in [-0.15, -0.1) is 0 Å². The van der Waals surface area contributed by atoms with E-state index in [1.54, 1.807) is 6.07 Å². The Labute approximate surface area is 154 Å². The van der Waals surface area contributed by atoms with Gasteiger partial charge in [-0.2, -0.15) is 4.31 Å². The van der Waals surface area contributed by atoms with Crippen LogP contribution in [-0.4, -0.2) is 36.7 Å². The van der Waals surface area contributed by atoms with Crippen LogP contribution in [0.15, 0.2) is 47.6 Å². The van der Waals surface area contributed by atoms with Crippen LogP contribution in [-0.2, 0) is 14.8 Å². The molecule has 1 aromatic heterocycles. The van der Waals surface area contributed by atoms with Crippen molar-refractivity contribution >= 4 is 21.6 Å². The number of sulfonamides is 1. The first kappa shape index (κ1) is 18.5. The topological polar surface area (TPSA) is 79.4 Å². The highest BCUT2D eigenvalue weighted by molar-refractivity contribution is 7.89. The molecule has 0 bridgehead atoms. The molecule has 0 radical (unpaired) electrons. The summed E-state index contributed by atoms with van der Waals surface area (Å²) < 4.78 is 26.9. The molecule has 2 aromatic rings. The number of carbonyl (C=O) groups is 1. The van der Waals surface area contributed by atoms with Crippen molar-refractivity contribution in [3.63, 3.8) is 0 Å². The Morgan fingerprint density at radius 3 is 2.77 bits per heavy atom. The van der Waals surface area contributed by atoms with Gasteiger partial charge < -0.3 is 5.32 Å². The van der Waals surface area contributed by atoms with Gasteiger partial charge in [0.05, 0.1) is 5.92 Å². The monoisotopic (exact) mass is 373 g/mol. The maximum Gasteiger partial charge on any atom is 0.244 e. The van der Waals surface area contributed by atoms with Crippen molar-refractivity contribution < 1.29 is 13.2 Å². The molecule has 138 valence electrons. The van der Waals surface area contributed by atoms with E-state index in [0.717, 1.165) is 16.8 Å². The van der Waals surface area contributed by atoms with Gasteiger partial charge in [-0.25, -0.2) is 8.42 Å². The maximum atomic E-state index is 12.8. The maximum absolute atomic E-state index is 12.8. The first-order valence-corrected chi connectivity index (χ1v) is 10.1. The molecule has 26 heavy (non-hydrogen) atoms. The minimum atomic E-state index is -3.63. The van der Waals surface area contributed by atoms with Crippen LogP contribution in [0.2, 0.25) is 0 Å². The van der Waals surface area contributed by atoms with E-state index in [2.05, 4.69) is 10.3 Å². The molecule has 1 atom stereocenters. The average Bonchev–Trinajstić information content (AvgIpc) is 2.66. The van der Waals surface area contributed by atoms with Crippen molar-refractivity contribution in [3.8, 4) is 0 Å². The number of rotatable bonds is 4. The minimum absolute atomic E-state index is 0.134. The van der Waals surface area contributed by atoms with Crippen molar-refractivity contribution in [3.05, 3.63) is 53.9 Å². The van der Waals surface area contributed by atoms with Crippen LogP contribution in [0.5, 0.6) is 0 Å². The Kier molecular flexibility index (Phi) is 5.38. The highest BCUT2D eigenvalue weighted by atomic mass is 32.2. The van der Waals surface area contributed by atoms with Gasteiger partial charge in [0, 0.05) is 31.2 Å². The summed E-state index contributed by atoms with van der Waals surface area (Å²) in [6.45, 7) is 4.57. The number of benzene rings is 1. The Bertz CT molecular complexity index is 898. The SMILES string of the molecule is Cc1cccc(NC(=O)C2CCCN(S(=O)(=O)c3cccnc3)C2)c1C. The number of carbonyl (C=O) groups excluding carboxylic acids is 1. The fourth-order valence-electron chi connectivity index (χ4n) is 3.14. The van der Waals surface area contributed by atoms with E-state index >= 15 is 0 Å². The molecule has 2 heterocycles. The molecule has 1 saturated heterocycles. The Balaban J connectivity index is 1.74. The van der Waals surface area contributed by atoms with Gasteiger partial charge >= 0.3 is 0 Å². The summed E-state index contributed by atoms with van der Waals surface area (Å²) in [4.78, 5) is 16.7. The van der Waals surface area contributed by atoms with Gasteiger partial charge in [-0.3, -0.25) is 9.78 Å². The third-order valence-electron chi connectivity index (χ3n) is 4.89. The van der Waals surface area contributed by atoms with Crippen molar-refractivity contribution in [2.75, 3.05) is 18.4 Å². The Hall–Kier alpha value is -2.25. The quantitative estimate of drug-likeness (QED) is 0.894. The van der Waals surface area contributed by atoms with Crippen LogP contribution < -0.4 is 5.32 Å². The van der Waals surface area contributed by atoms with Crippen molar-refractivity contribution in [1.29, 1.82) is 0 Å². The molecule has 6 nitrogen and oxygen atoms in total. The molecule has 0 aliphatic carbocycles. The lowest BCUT2D eigenvalue weighted by Crippen LogP contribution is -2.43. The van der Waals surface area contributed by atoms with Gasteiger partial charge in [0.2, 0.25) is 15.9 Å². The van der Waals surface area contributed by atoms with E-state index in [9.17, 15) is 13.2 Å². The number of hydrogen-bond donors (Lipinski definition) is 1. The number of piperidine rings is 1. The summed E-state index contributed by atoms with van der Waals surface area (Å²) >= 11 is 0. The zero-order valence-electron chi connectivity index (χ0n) is 15.0. The predicted molar refractivity (Wildman–Crippen MR) is 100 cm³/mol. The summed E-state index contributed by atoms with van der Waals surface area (Å²) in [5.74, 6) is -0.500. The van der Waals surface area contributed by atoms with Crippen LogP contribution in [0.1, 0.15) is 24.0 Å². The fraction of sp³-hybridized carbons (Fsp3) is 0.368. The number of pyridine rings is 1. The molecule has 1 fully saturated rings. The summed E-state index contributed by atoms with van der Waals surface area (Å²) in [6, 6.07) is 8.89. The standard InChI is InChI=1S/C19H23N3O3S/c1-14-6-3-9-18(15(14)2)21-19(23)16-7-5-11-22(13-16)26(24,25)17-8-4-10-20-12-17/h3-4,6,8-10,12,16H,5,7,11,13H2,1-2H3,(H,21,23). The summed E-state index contributed by atoms with van der Waals surface area (Å²) in [5.41, 5.74) is 2.91. The van der Waals surface area contributed by atoms with Crippen LogP contribution in [0.25, 0.3) is 0 Å².